The summed E-state index contributed by atoms with van der Waals surface area (Å²) in [7, 11) is 0. The average Bonchev–Trinajstić information content (AvgIpc) is 3.22. The van der Waals surface area contributed by atoms with Crippen LogP contribution in [-0.4, -0.2) is 20.9 Å². The molecular weight excluding hydrogens is 344 g/mol. The molecule has 3 heterocycles. The summed E-state index contributed by atoms with van der Waals surface area (Å²) in [6.45, 7) is 2.03. The van der Waals surface area contributed by atoms with Crippen LogP contribution in [0, 0.1) is 0 Å². The minimum Gasteiger partial charge on any atom is -0.445 e. The van der Waals surface area contributed by atoms with Crippen molar-refractivity contribution in [3.8, 4) is 0 Å². The molecule has 0 aliphatic carbocycles. The number of thioether (sulfide) groups is 1. The minimum absolute atomic E-state index is 0.103. The first kappa shape index (κ1) is 16.7. The van der Waals surface area contributed by atoms with E-state index in [1.165, 1.54) is 11.3 Å². The van der Waals surface area contributed by atoms with E-state index in [4.69, 9.17) is 4.42 Å². The summed E-state index contributed by atoms with van der Waals surface area (Å²) in [5.41, 5.74) is 0.872. The number of oxazole rings is 1. The lowest BCUT2D eigenvalue weighted by molar-refractivity contribution is -0.115. The Morgan fingerprint density at radius 1 is 1.33 bits per heavy atom. The van der Waals surface area contributed by atoms with Crippen LogP contribution < -0.4 is 5.32 Å². The van der Waals surface area contributed by atoms with Crippen LogP contribution in [0.5, 0.6) is 0 Å². The van der Waals surface area contributed by atoms with Gasteiger partial charge in [-0.1, -0.05) is 24.3 Å². The highest BCUT2D eigenvalue weighted by molar-refractivity contribution is 8.00. The zero-order valence-electron chi connectivity index (χ0n) is 13.1. The molecule has 0 saturated heterocycles. The Morgan fingerprint density at radius 2 is 2.25 bits per heavy atom. The van der Waals surface area contributed by atoms with E-state index in [-0.39, 0.29) is 12.3 Å². The van der Waals surface area contributed by atoms with Gasteiger partial charge in [-0.3, -0.25) is 9.78 Å². The molecule has 0 aliphatic heterocycles. The molecule has 6 nitrogen and oxygen atoms in total. The number of carbonyl (C=O) groups excluding carboxylic acids is 1. The molecule has 0 spiro atoms. The van der Waals surface area contributed by atoms with Crippen LogP contribution in [-0.2, 0) is 23.4 Å². The van der Waals surface area contributed by atoms with Crippen molar-refractivity contribution in [3.63, 3.8) is 0 Å². The number of rotatable bonds is 7. The number of nitrogens with zero attached hydrogens (tertiary/aromatic N) is 3. The number of pyridine rings is 1. The largest absolute Gasteiger partial charge is 0.445 e. The van der Waals surface area contributed by atoms with Gasteiger partial charge < -0.3 is 9.73 Å². The molecule has 1 N–H and O–H groups in total. The van der Waals surface area contributed by atoms with Gasteiger partial charge in [0.1, 0.15) is 5.76 Å². The predicted octanol–water partition coefficient (Wildman–Crippen LogP) is 3.56. The number of anilines is 1. The third-order valence-electron chi connectivity index (χ3n) is 3.11. The molecule has 0 saturated carbocycles. The number of hydrogen-bond acceptors (Lipinski definition) is 7. The molecule has 8 heteroatoms. The van der Waals surface area contributed by atoms with E-state index < -0.39 is 0 Å². The number of amides is 1. The average molecular weight is 360 g/mol. The number of carbonyl (C=O) groups is 1. The molecule has 1 amide bonds. The third-order valence-corrected chi connectivity index (χ3v) is 5.20. The standard InChI is InChI=1S/C16H16N4O2S2/c1-2-12-8-18-14(22-12)10-23-15-9-19-16(24-15)20-13(21)6-11-4-3-5-17-7-11/h3-5,7-9H,2,6,10H2,1H3,(H,19,20,21). The molecule has 0 aromatic carbocycles. The fourth-order valence-corrected chi connectivity index (χ4v) is 3.69. The normalized spacial score (nSPS) is 10.7. The van der Waals surface area contributed by atoms with Crippen molar-refractivity contribution in [2.75, 3.05) is 5.32 Å². The Balaban J connectivity index is 1.50. The van der Waals surface area contributed by atoms with Gasteiger partial charge in [-0.2, -0.15) is 0 Å². The molecular formula is C16H16N4O2S2. The van der Waals surface area contributed by atoms with Crippen molar-refractivity contribution in [1.29, 1.82) is 0 Å². The Hall–Kier alpha value is -2.19. The molecule has 124 valence electrons. The number of nitrogens with one attached hydrogen (secondary N) is 1. The number of hydrogen-bond donors (Lipinski definition) is 1. The highest BCUT2D eigenvalue weighted by atomic mass is 32.2. The van der Waals surface area contributed by atoms with Gasteiger partial charge in [0.2, 0.25) is 11.8 Å². The van der Waals surface area contributed by atoms with Crippen LogP contribution >= 0.6 is 23.1 Å². The first-order chi connectivity index (χ1) is 11.7. The maximum absolute atomic E-state index is 12.0. The maximum atomic E-state index is 12.0. The van der Waals surface area contributed by atoms with Crippen LogP contribution in [0.2, 0.25) is 0 Å². The molecule has 0 bridgehead atoms. The quantitative estimate of drug-likeness (QED) is 0.649. The zero-order valence-corrected chi connectivity index (χ0v) is 14.7. The summed E-state index contributed by atoms with van der Waals surface area (Å²) in [6.07, 6.45) is 8.00. The van der Waals surface area contributed by atoms with E-state index in [1.54, 1.807) is 36.5 Å². The summed E-state index contributed by atoms with van der Waals surface area (Å²) < 4.78 is 6.57. The topological polar surface area (TPSA) is 80.9 Å². The second-order valence-electron chi connectivity index (χ2n) is 4.93. The lowest BCUT2D eigenvalue weighted by atomic mass is 10.2. The van der Waals surface area contributed by atoms with E-state index in [0.717, 1.165) is 22.0 Å². The van der Waals surface area contributed by atoms with Gasteiger partial charge in [-0.25, -0.2) is 9.97 Å². The van der Waals surface area contributed by atoms with E-state index in [0.29, 0.717) is 16.8 Å². The second-order valence-corrected chi connectivity index (χ2v) is 7.24. The molecule has 0 atom stereocenters. The Kier molecular flexibility index (Phi) is 5.60. The zero-order chi connectivity index (χ0) is 16.8. The molecule has 0 radical (unpaired) electrons. The molecule has 3 aromatic heterocycles. The summed E-state index contributed by atoms with van der Waals surface area (Å²) in [5, 5.41) is 3.40. The van der Waals surface area contributed by atoms with Crippen molar-refractivity contribution in [3.05, 3.63) is 54.1 Å². The Bertz CT molecular complexity index is 801. The van der Waals surface area contributed by atoms with Gasteiger partial charge in [0.05, 0.1) is 28.8 Å². The van der Waals surface area contributed by atoms with Crippen LogP contribution in [0.1, 0.15) is 24.1 Å². The number of aryl methyl sites for hydroxylation is 1. The van der Waals surface area contributed by atoms with E-state index in [2.05, 4.69) is 20.3 Å². The smallest absolute Gasteiger partial charge is 0.230 e. The van der Waals surface area contributed by atoms with Gasteiger partial charge in [0, 0.05) is 18.8 Å². The van der Waals surface area contributed by atoms with Gasteiger partial charge in [-0.15, -0.1) is 11.8 Å². The minimum atomic E-state index is -0.103. The number of thiazole rings is 1. The molecule has 0 unspecified atom stereocenters. The summed E-state index contributed by atoms with van der Waals surface area (Å²) in [4.78, 5) is 24.5. The van der Waals surface area contributed by atoms with Crippen molar-refractivity contribution in [2.45, 2.75) is 29.7 Å². The van der Waals surface area contributed by atoms with Gasteiger partial charge in [0.15, 0.2) is 5.13 Å². The first-order valence-electron chi connectivity index (χ1n) is 7.44. The third kappa shape index (κ3) is 4.65. The van der Waals surface area contributed by atoms with Crippen molar-refractivity contribution in [1.82, 2.24) is 15.0 Å². The molecule has 24 heavy (non-hydrogen) atoms. The van der Waals surface area contributed by atoms with Crippen LogP contribution in [0.4, 0.5) is 5.13 Å². The fourth-order valence-electron chi connectivity index (χ4n) is 1.95. The summed E-state index contributed by atoms with van der Waals surface area (Å²) in [6, 6.07) is 3.68. The van der Waals surface area contributed by atoms with Crippen molar-refractivity contribution in [2.24, 2.45) is 0 Å². The first-order valence-corrected chi connectivity index (χ1v) is 9.24. The SMILES string of the molecule is CCc1cnc(CSc2cnc(NC(=O)Cc3cccnc3)s2)o1. The van der Waals surface area contributed by atoms with Crippen LogP contribution in [0.3, 0.4) is 0 Å². The van der Waals surface area contributed by atoms with Crippen molar-refractivity contribution < 1.29 is 9.21 Å². The van der Waals surface area contributed by atoms with E-state index in [1.807, 2.05) is 19.1 Å². The lowest BCUT2D eigenvalue weighted by Crippen LogP contribution is -2.14. The monoisotopic (exact) mass is 360 g/mol. The molecule has 0 fully saturated rings. The van der Waals surface area contributed by atoms with Gasteiger partial charge in [-0.05, 0) is 11.6 Å². The molecule has 3 rings (SSSR count). The highest BCUT2D eigenvalue weighted by Crippen LogP contribution is 2.30. The van der Waals surface area contributed by atoms with Gasteiger partial charge in [0.25, 0.3) is 0 Å². The van der Waals surface area contributed by atoms with Crippen LogP contribution in [0.15, 0.2) is 45.5 Å². The highest BCUT2D eigenvalue weighted by Gasteiger charge is 2.09. The van der Waals surface area contributed by atoms with Crippen LogP contribution in [0.25, 0.3) is 0 Å². The summed E-state index contributed by atoms with van der Waals surface area (Å²) in [5.74, 6) is 2.13. The second kappa shape index (κ2) is 8.07. The summed E-state index contributed by atoms with van der Waals surface area (Å²) >= 11 is 3.03. The fraction of sp³-hybridized carbons (Fsp3) is 0.250. The predicted molar refractivity (Wildman–Crippen MR) is 94.1 cm³/mol. The van der Waals surface area contributed by atoms with E-state index in [9.17, 15) is 4.79 Å². The lowest BCUT2D eigenvalue weighted by Gasteiger charge is -2.01. The Morgan fingerprint density at radius 3 is 3.00 bits per heavy atom. The van der Waals surface area contributed by atoms with Crippen molar-refractivity contribution >= 4 is 34.1 Å². The maximum Gasteiger partial charge on any atom is 0.230 e. The number of aromatic nitrogens is 3. The Labute approximate surface area is 147 Å². The van der Waals surface area contributed by atoms with E-state index >= 15 is 0 Å². The van der Waals surface area contributed by atoms with Gasteiger partial charge >= 0.3 is 0 Å². The molecule has 0 aliphatic rings. The molecule has 3 aromatic rings.